The molecule has 2 saturated heterocycles. The van der Waals surface area contributed by atoms with E-state index in [2.05, 4.69) is 5.32 Å². The highest BCUT2D eigenvalue weighted by Crippen LogP contribution is 2.46. The number of nitrogens with zero attached hydrogens (tertiary/aromatic N) is 2. The van der Waals surface area contributed by atoms with Crippen LogP contribution in [0.2, 0.25) is 0 Å². The lowest BCUT2D eigenvalue weighted by Crippen LogP contribution is -2.56. The molecule has 276 valence electrons. The molecule has 0 radical (unpaired) electrons. The summed E-state index contributed by atoms with van der Waals surface area (Å²) >= 11 is 0. The van der Waals surface area contributed by atoms with E-state index in [4.69, 9.17) is 14.2 Å². The van der Waals surface area contributed by atoms with Gasteiger partial charge in [0.15, 0.2) is 11.5 Å². The van der Waals surface area contributed by atoms with Gasteiger partial charge in [-0.1, -0.05) is 43.2 Å². The Hall–Kier alpha value is -4.87. The van der Waals surface area contributed by atoms with Crippen molar-refractivity contribution in [2.45, 2.75) is 82.9 Å². The summed E-state index contributed by atoms with van der Waals surface area (Å²) in [6.07, 6.45) is 7.67. The average molecular weight is 714 g/mol. The largest absolute Gasteiger partial charge is 0.479 e. The Balaban J connectivity index is 1.14. The minimum Gasteiger partial charge on any atom is -0.479 e. The van der Waals surface area contributed by atoms with Gasteiger partial charge in [-0.2, -0.15) is 0 Å². The Morgan fingerprint density at radius 3 is 2.56 bits per heavy atom. The minimum atomic E-state index is -1.44. The number of hydrogen-bond acceptors (Lipinski definition) is 8. The van der Waals surface area contributed by atoms with E-state index >= 15 is 0 Å². The van der Waals surface area contributed by atoms with Crippen molar-refractivity contribution in [3.8, 4) is 22.6 Å². The third-order valence-corrected chi connectivity index (χ3v) is 11.0. The molecule has 6 atom stereocenters. The first-order valence-electron chi connectivity index (χ1n) is 18.4. The summed E-state index contributed by atoms with van der Waals surface area (Å²) in [6.45, 7) is 6.28. The second-order valence-corrected chi connectivity index (χ2v) is 15.8. The molecule has 7 rings (SSSR count). The van der Waals surface area contributed by atoms with Gasteiger partial charge in [-0.3, -0.25) is 19.2 Å². The fraction of sp³-hybridized carbons (Fsp3) is 0.525. The van der Waals surface area contributed by atoms with Gasteiger partial charge >= 0.3 is 11.9 Å². The lowest BCUT2D eigenvalue weighted by atomic mass is 9.92. The van der Waals surface area contributed by atoms with E-state index in [-0.39, 0.29) is 56.4 Å². The SMILES string of the molecule is CC(C)(C)OC(=O)C[C@@H]1CCCCC/C=C\[C@@H]2C[C@@]2(C(=O)O)NC(=O)[C@@H]2[C@H]3CN(C(=O)c4cccc(-c5ccc6c(c5)OCO6)c4)C[C@H]3CN2C1=O. The van der Waals surface area contributed by atoms with Crippen LogP contribution in [0.3, 0.4) is 0 Å². The summed E-state index contributed by atoms with van der Waals surface area (Å²) in [5.74, 6) is -2.97. The van der Waals surface area contributed by atoms with Crippen LogP contribution < -0.4 is 14.8 Å². The van der Waals surface area contributed by atoms with Crippen molar-refractivity contribution in [1.29, 1.82) is 0 Å². The summed E-state index contributed by atoms with van der Waals surface area (Å²) in [4.78, 5) is 71.6. The molecule has 1 aliphatic carbocycles. The number of carboxylic acids is 1. The minimum absolute atomic E-state index is 0.109. The number of esters is 1. The molecule has 5 aliphatic rings. The van der Waals surface area contributed by atoms with E-state index in [0.29, 0.717) is 30.0 Å². The van der Waals surface area contributed by atoms with E-state index < -0.39 is 46.9 Å². The highest BCUT2D eigenvalue weighted by molar-refractivity contribution is 5.98. The predicted octanol–water partition coefficient (Wildman–Crippen LogP) is 4.81. The van der Waals surface area contributed by atoms with Gasteiger partial charge in [0.05, 0.1) is 6.42 Å². The lowest BCUT2D eigenvalue weighted by molar-refractivity contribution is -0.159. The monoisotopic (exact) mass is 713 g/mol. The van der Waals surface area contributed by atoms with Crippen LogP contribution in [0.1, 0.15) is 76.1 Å². The molecule has 2 aromatic rings. The number of hydrogen-bond donors (Lipinski definition) is 2. The fourth-order valence-electron chi connectivity index (χ4n) is 8.34. The number of carbonyl (C=O) groups excluding carboxylic acids is 4. The molecule has 4 aliphatic heterocycles. The predicted molar refractivity (Wildman–Crippen MR) is 189 cm³/mol. The molecule has 3 fully saturated rings. The first-order valence-corrected chi connectivity index (χ1v) is 18.4. The van der Waals surface area contributed by atoms with Crippen LogP contribution in [-0.2, 0) is 23.9 Å². The highest BCUT2D eigenvalue weighted by atomic mass is 16.7. The number of benzene rings is 2. The number of carboxylic acid groups (broad SMARTS) is 1. The summed E-state index contributed by atoms with van der Waals surface area (Å²) < 4.78 is 16.6. The van der Waals surface area contributed by atoms with Crippen molar-refractivity contribution in [3.05, 3.63) is 60.2 Å². The quantitative estimate of drug-likeness (QED) is 0.329. The molecular formula is C40H47N3O9. The maximum Gasteiger partial charge on any atom is 0.330 e. The number of rotatable bonds is 5. The maximum absolute atomic E-state index is 14.4. The number of amides is 3. The van der Waals surface area contributed by atoms with Crippen molar-refractivity contribution in [1.82, 2.24) is 15.1 Å². The third kappa shape index (κ3) is 7.12. The highest BCUT2D eigenvalue weighted by Gasteiger charge is 2.62. The zero-order valence-corrected chi connectivity index (χ0v) is 30.0. The number of allylic oxidation sites excluding steroid dienone is 1. The molecule has 2 N–H and O–H groups in total. The van der Waals surface area contributed by atoms with Crippen molar-refractivity contribution < 1.29 is 43.3 Å². The summed E-state index contributed by atoms with van der Waals surface area (Å²) in [7, 11) is 0. The standard InChI is InChI=1S/C40H47N3O9/c1-39(2,3)52-33(44)18-27-10-7-5-4-6-8-13-29-19-40(29,38(48)49)41-35(45)34-30-22-42(20-28(30)21-43(34)37(27)47)36(46)26-12-9-11-24(16-26)25-14-15-31-32(17-25)51-23-50-31/h8-9,11-17,27-30,34H,4-7,10,18-23H2,1-3H3,(H,41,45)(H,48,49)/b13-8-/t27-,28-,29+,30-,34-,40+/m0/s1. The van der Waals surface area contributed by atoms with Crippen LogP contribution in [0.5, 0.6) is 11.5 Å². The molecule has 2 aromatic carbocycles. The normalized spacial score (nSPS) is 29.2. The maximum atomic E-state index is 14.4. The van der Waals surface area contributed by atoms with E-state index in [9.17, 15) is 29.1 Å². The second-order valence-electron chi connectivity index (χ2n) is 15.8. The first-order chi connectivity index (χ1) is 24.8. The third-order valence-electron chi connectivity index (χ3n) is 11.0. The van der Waals surface area contributed by atoms with Crippen molar-refractivity contribution in [2.75, 3.05) is 26.4 Å². The van der Waals surface area contributed by atoms with Crippen molar-refractivity contribution >= 4 is 29.7 Å². The Kier molecular flexibility index (Phi) is 9.52. The van der Waals surface area contributed by atoms with E-state index in [1.807, 2.05) is 48.6 Å². The Bertz CT molecular complexity index is 1800. The molecular weight excluding hydrogens is 666 g/mol. The molecule has 4 heterocycles. The van der Waals surface area contributed by atoms with E-state index in [1.165, 1.54) is 0 Å². The van der Waals surface area contributed by atoms with Gasteiger partial charge in [-0.05, 0) is 81.8 Å². The molecule has 0 aromatic heterocycles. The molecule has 0 unspecified atom stereocenters. The topological polar surface area (TPSA) is 152 Å². The van der Waals surface area contributed by atoms with Gasteiger partial charge in [0, 0.05) is 48.9 Å². The lowest BCUT2D eigenvalue weighted by Gasteiger charge is -2.32. The molecule has 0 spiro atoms. The van der Waals surface area contributed by atoms with Crippen molar-refractivity contribution in [3.63, 3.8) is 0 Å². The number of nitrogens with one attached hydrogen (secondary N) is 1. The van der Waals surface area contributed by atoms with Crippen LogP contribution in [-0.4, -0.2) is 88.2 Å². The average Bonchev–Trinajstić information content (AvgIpc) is 3.41. The number of ether oxygens (including phenoxy) is 3. The van der Waals surface area contributed by atoms with Crippen LogP contribution >= 0.6 is 0 Å². The molecule has 0 bridgehead atoms. The number of carbonyl (C=O) groups is 5. The zero-order chi connectivity index (χ0) is 36.8. The van der Waals surface area contributed by atoms with E-state index in [1.54, 1.807) is 36.6 Å². The zero-order valence-electron chi connectivity index (χ0n) is 30.0. The second kappa shape index (κ2) is 13.9. The number of likely N-dealkylation sites (tertiary alicyclic amines) is 1. The number of fused-ring (bicyclic) bond motifs is 5. The van der Waals surface area contributed by atoms with Gasteiger partial charge in [-0.15, -0.1) is 0 Å². The van der Waals surface area contributed by atoms with Gasteiger partial charge in [0.1, 0.15) is 17.2 Å². The summed E-state index contributed by atoms with van der Waals surface area (Å²) in [6, 6.07) is 12.0. The molecule has 3 amide bonds. The molecule has 1 saturated carbocycles. The van der Waals surface area contributed by atoms with Crippen LogP contribution in [0.25, 0.3) is 11.1 Å². The Morgan fingerprint density at radius 2 is 1.77 bits per heavy atom. The fourth-order valence-corrected chi connectivity index (χ4v) is 8.34. The van der Waals surface area contributed by atoms with Gasteiger partial charge in [-0.25, -0.2) is 4.79 Å². The van der Waals surface area contributed by atoms with Crippen molar-refractivity contribution in [2.24, 2.45) is 23.7 Å². The van der Waals surface area contributed by atoms with Gasteiger partial charge in [0.2, 0.25) is 18.6 Å². The van der Waals surface area contributed by atoms with E-state index in [0.717, 1.165) is 36.8 Å². The van der Waals surface area contributed by atoms with Crippen LogP contribution in [0.15, 0.2) is 54.6 Å². The molecule has 52 heavy (non-hydrogen) atoms. The smallest absolute Gasteiger partial charge is 0.330 e. The Labute approximate surface area is 303 Å². The summed E-state index contributed by atoms with van der Waals surface area (Å²) in [5, 5.41) is 13.1. The Morgan fingerprint density at radius 1 is 0.981 bits per heavy atom. The summed E-state index contributed by atoms with van der Waals surface area (Å²) in [5.41, 5.74) is 0.0411. The van der Waals surface area contributed by atoms with Gasteiger partial charge in [0.25, 0.3) is 5.91 Å². The van der Waals surface area contributed by atoms with Crippen LogP contribution in [0, 0.1) is 23.7 Å². The van der Waals surface area contributed by atoms with Crippen LogP contribution in [0.4, 0.5) is 0 Å². The van der Waals surface area contributed by atoms with Gasteiger partial charge < -0.3 is 34.4 Å². The molecule has 12 nitrogen and oxygen atoms in total. The molecule has 12 heteroatoms. The first kappa shape index (κ1) is 35.5. The number of aliphatic carboxylic acids is 1.